The van der Waals surface area contributed by atoms with Gasteiger partial charge in [-0.3, -0.25) is 14.4 Å². The van der Waals surface area contributed by atoms with Crippen LogP contribution >= 0.6 is 0 Å². The van der Waals surface area contributed by atoms with Gasteiger partial charge in [-0.2, -0.15) is 0 Å². The number of ketones is 1. The van der Waals surface area contributed by atoms with Crippen molar-refractivity contribution in [3.8, 4) is 0 Å². The third-order valence-electron chi connectivity index (χ3n) is 3.68. The number of hydrogen-bond donors (Lipinski definition) is 2. The predicted molar refractivity (Wildman–Crippen MR) is 72.5 cm³/mol. The molecule has 0 aliphatic rings. The number of carbonyl (C=O) groups excluding carboxylic acids is 1. The molecule has 20 heavy (non-hydrogen) atoms. The maximum Gasteiger partial charge on any atom is 0.318 e. The summed E-state index contributed by atoms with van der Waals surface area (Å²) in [5.74, 6) is -4.55. The molecule has 2 unspecified atom stereocenters. The molecule has 5 nitrogen and oxygen atoms in total. The fourth-order valence-corrected chi connectivity index (χ4v) is 2.54. The molecule has 0 aliphatic heterocycles. The van der Waals surface area contributed by atoms with Gasteiger partial charge in [0.05, 0.1) is 5.92 Å². The van der Waals surface area contributed by atoms with Crippen molar-refractivity contribution >= 4 is 17.7 Å². The van der Waals surface area contributed by atoms with E-state index in [0.717, 1.165) is 0 Å². The van der Waals surface area contributed by atoms with Crippen molar-refractivity contribution < 1.29 is 24.6 Å². The largest absolute Gasteiger partial charge is 0.481 e. The predicted octanol–water partition coefficient (Wildman–Crippen LogP) is 2.46. The number of carboxylic acids is 2. The highest BCUT2D eigenvalue weighted by Crippen LogP contribution is 2.38. The van der Waals surface area contributed by atoms with Crippen LogP contribution in [-0.2, 0) is 9.59 Å². The van der Waals surface area contributed by atoms with Gasteiger partial charge in [-0.25, -0.2) is 0 Å². The second-order valence-corrected chi connectivity index (χ2v) is 4.62. The van der Waals surface area contributed by atoms with E-state index in [9.17, 15) is 24.6 Å². The lowest BCUT2D eigenvalue weighted by atomic mass is 9.67. The van der Waals surface area contributed by atoms with Gasteiger partial charge in [0.2, 0.25) is 0 Å². The Balaban J connectivity index is 3.42. The molecule has 2 N–H and O–H groups in total. The lowest BCUT2D eigenvalue weighted by Gasteiger charge is -2.32. The molecule has 0 aliphatic carbocycles. The van der Waals surface area contributed by atoms with E-state index >= 15 is 0 Å². The molecule has 0 saturated carbocycles. The van der Waals surface area contributed by atoms with Gasteiger partial charge in [-0.15, -0.1) is 0 Å². The second kappa shape index (κ2) is 6.32. The van der Waals surface area contributed by atoms with Crippen LogP contribution in [0.3, 0.4) is 0 Å². The van der Waals surface area contributed by atoms with Crippen molar-refractivity contribution in [2.75, 3.05) is 0 Å². The van der Waals surface area contributed by atoms with Crippen LogP contribution < -0.4 is 0 Å². The summed E-state index contributed by atoms with van der Waals surface area (Å²) in [5.41, 5.74) is -1.71. The maximum absolute atomic E-state index is 12.6. The van der Waals surface area contributed by atoms with Crippen molar-refractivity contribution in [2.24, 2.45) is 11.3 Å². The summed E-state index contributed by atoms with van der Waals surface area (Å²) in [6, 6.07) is 7.96. The molecule has 1 aromatic rings. The fourth-order valence-electron chi connectivity index (χ4n) is 2.54. The molecule has 1 rings (SSSR count). The fraction of sp³-hybridized carbons (Fsp3) is 0.400. The third-order valence-corrected chi connectivity index (χ3v) is 3.68. The average molecular weight is 278 g/mol. The monoisotopic (exact) mass is 278 g/mol. The smallest absolute Gasteiger partial charge is 0.318 e. The van der Waals surface area contributed by atoms with Crippen molar-refractivity contribution in [1.82, 2.24) is 0 Å². The molecule has 108 valence electrons. The second-order valence-electron chi connectivity index (χ2n) is 4.62. The Bertz CT molecular complexity index is 508. The van der Waals surface area contributed by atoms with Crippen LogP contribution in [0.2, 0.25) is 0 Å². The first-order valence-corrected chi connectivity index (χ1v) is 6.47. The zero-order valence-corrected chi connectivity index (χ0v) is 11.5. The van der Waals surface area contributed by atoms with Gasteiger partial charge in [0, 0.05) is 5.56 Å². The highest BCUT2D eigenvalue weighted by molar-refractivity contribution is 6.14. The number of hydrogen-bond acceptors (Lipinski definition) is 3. The van der Waals surface area contributed by atoms with Crippen LogP contribution in [0.25, 0.3) is 0 Å². The van der Waals surface area contributed by atoms with E-state index in [1.165, 1.54) is 19.1 Å². The number of carbonyl (C=O) groups is 3. The topological polar surface area (TPSA) is 91.7 Å². The van der Waals surface area contributed by atoms with E-state index in [1.54, 1.807) is 25.1 Å². The molecule has 0 radical (unpaired) electrons. The van der Waals surface area contributed by atoms with E-state index in [1.807, 2.05) is 0 Å². The molecular weight excluding hydrogens is 260 g/mol. The Kier molecular flexibility index (Phi) is 5.02. The molecule has 0 heterocycles. The standard InChI is InChI=1S/C15H18O5/c1-3-11(13(17)18)15(4-2,14(19)20)12(16)10-8-6-5-7-9-10/h5-9,11H,3-4H2,1-2H3,(H,17,18)(H,19,20). The summed E-state index contributed by atoms with van der Waals surface area (Å²) >= 11 is 0. The zero-order valence-electron chi connectivity index (χ0n) is 11.5. The van der Waals surface area contributed by atoms with Gasteiger partial charge < -0.3 is 10.2 Å². The normalized spacial score (nSPS) is 15.1. The first-order valence-electron chi connectivity index (χ1n) is 6.47. The SMILES string of the molecule is CCC(C(=O)O)C(CC)(C(=O)O)C(=O)c1ccccc1. The van der Waals surface area contributed by atoms with E-state index in [2.05, 4.69) is 0 Å². The summed E-state index contributed by atoms with van der Waals surface area (Å²) in [6.45, 7) is 3.10. The van der Waals surface area contributed by atoms with Gasteiger partial charge >= 0.3 is 11.9 Å². The van der Waals surface area contributed by atoms with Gasteiger partial charge in [0.25, 0.3) is 0 Å². The van der Waals surface area contributed by atoms with E-state index in [0.29, 0.717) is 0 Å². The molecule has 0 aromatic heterocycles. The molecule has 0 spiro atoms. The van der Waals surface area contributed by atoms with Gasteiger partial charge in [0.15, 0.2) is 5.78 Å². The van der Waals surface area contributed by atoms with Crippen LogP contribution in [-0.4, -0.2) is 27.9 Å². The van der Waals surface area contributed by atoms with E-state index in [4.69, 9.17) is 0 Å². The van der Waals surface area contributed by atoms with Crippen LogP contribution in [0.15, 0.2) is 30.3 Å². The highest BCUT2D eigenvalue weighted by Gasteiger charge is 2.53. The van der Waals surface area contributed by atoms with Gasteiger partial charge in [0.1, 0.15) is 5.41 Å². The van der Waals surface area contributed by atoms with Crippen LogP contribution in [0.5, 0.6) is 0 Å². The van der Waals surface area contributed by atoms with Crippen molar-refractivity contribution in [3.63, 3.8) is 0 Å². The molecule has 0 bridgehead atoms. The molecule has 0 amide bonds. The first-order chi connectivity index (χ1) is 9.41. The van der Waals surface area contributed by atoms with Crippen LogP contribution in [0, 0.1) is 11.3 Å². The Morgan fingerprint density at radius 1 is 1.10 bits per heavy atom. The minimum Gasteiger partial charge on any atom is -0.481 e. The van der Waals surface area contributed by atoms with E-state index < -0.39 is 29.1 Å². The van der Waals surface area contributed by atoms with Gasteiger partial charge in [-0.1, -0.05) is 44.2 Å². The Morgan fingerprint density at radius 2 is 1.65 bits per heavy atom. The molecule has 0 fully saturated rings. The zero-order chi connectivity index (χ0) is 15.3. The Morgan fingerprint density at radius 3 is 2.00 bits per heavy atom. The Labute approximate surface area is 117 Å². The number of benzene rings is 1. The summed E-state index contributed by atoms with van der Waals surface area (Å²) in [7, 11) is 0. The number of aliphatic carboxylic acids is 2. The number of carboxylic acid groups (broad SMARTS) is 2. The molecule has 2 atom stereocenters. The molecule has 1 aromatic carbocycles. The summed E-state index contributed by atoms with van der Waals surface area (Å²) in [6.07, 6.45) is 0.00884. The summed E-state index contributed by atoms with van der Waals surface area (Å²) in [5, 5.41) is 18.8. The molecular formula is C15H18O5. The maximum atomic E-state index is 12.6. The highest BCUT2D eigenvalue weighted by atomic mass is 16.4. The van der Waals surface area contributed by atoms with Crippen molar-refractivity contribution in [1.29, 1.82) is 0 Å². The van der Waals surface area contributed by atoms with Gasteiger partial charge in [-0.05, 0) is 12.8 Å². The van der Waals surface area contributed by atoms with E-state index in [-0.39, 0.29) is 18.4 Å². The summed E-state index contributed by atoms with van der Waals surface area (Å²) in [4.78, 5) is 35.6. The number of Topliss-reactive ketones (excluding diaryl/α,β-unsaturated/α-hetero) is 1. The Hall–Kier alpha value is -2.17. The lowest BCUT2D eigenvalue weighted by Crippen LogP contribution is -2.48. The third kappa shape index (κ3) is 2.57. The molecule has 0 saturated heterocycles. The van der Waals surface area contributed by atoms with Crippen molar-refractivity contribution in [3.05, 3.63) is 35.9 Å². The summed E-state index contributed by atoms with van der Waals surface area (Å²) < 4.78 is 0. The van der Waals surface area contributed by atoms with Crippen LogP contribution in [0.4, 0.5) is 0 Å². The number of rotatable bonds is 7. The quantitative estimate of drug-likeness (QED) is 0.590. The lowest BCUT2D eigenvalue weighted by molar-refractivity contribution is -0.159. The molecule has 5 heteroatoms. The minimum absolute atomic E-state index is 0.0686. The minimum atomic E-state index is -1.93. The average Bonchev–Trinajstić information content (AvgIpc) is 2.44. The first kappa shape index (κ1) is 15.9. The van der Waals surface area contributed by atoms with Crippen LogP contribution in [0.1, 0.15) is 37.0 Å². The van der Waals surface area contributed by atoms with Crippen molar-refractivity contribution in [2.45, 2.75) is 26.7 Å².